The minimum Gasteiger partial charge on any atom is -0.462 e. The van der Waals surface area contributed by atoms with E-state index in [1.54, 1.807) is 35.8 Å². The molecule has 0 radical (unpaired) electrons. The zero-order valence-electron chi connectivity index (χ0n) is 21.3. The molecule has 0 spiro atoms. The number of aryl methyl sites for hydroxylation is 1. The summed E-state index contributed by atoms with van der Waals surface area (Å²) < 4.78 is 5.22. The summed E-state index contributed by atoms with van der Waals surface area (Å²) in [5, 5.41) is 0. The molecular weight excluding hydrogens is 468 g/mol. The highest BCUT2D eigenvalue weighted by atomic mass is 16.5. The number of nitrogens with zero attached hydrogens (tertiary/aromatic N) is 4. The van der Waals surface area contributed by atoms with Crippen molar-refractivity contribution < 1.29 is 19.1 Å². The number of carbonyl (C=O) groups excluding carboxylic acids is 3. The maximum absolute atomic E-state index is 13.7. The van der Waals surface area contributed by atoms with Gasteiger partial charge < -0.3 is 14.5 Å². The summed E-state index contributed by atoms with van der Waals surface area (Å²) in [6.45, 7) is 6.46. The minimum atomic E-state index is -0.629. The van der Waals surface area contributed by atoms with E-state index in [1.165, 1.54) is 0 Å². The zero-order valence-corrected chi connectivity index (χ0v) is 21.3. The third-order valence-electron chi connectivity index (χ3n) is 6.22. The van der Waals surface area contributed by atoms with Crippen LogP contribution in [0.25, 0.3) is 17.5 Å². The van der Waals surface area contributed by atoms with Crippen molar-refractivity contribution in [2.45, 2.75) is 26.8 Å². The highest BCUT2D eigenvalue weighted by Crippen LogP contribution is 2.22. The predicted octanol–water partition coefficient (Wildman–Crippen LogP) is 4.02. The fraction of sp³-hybridized carbons (Fsp3) is 0.276. The first-order chi connectivity index (χ1) is 17.9. The second-order valence-corrected chi connectivity index (χ2v) is 8.82. The Morgan fingerprint density at radius 3 is 2.32 bits per heavy atom. The number of esters is 1. The molecule has 4 rings (SSSR count). The first kappa shape index (κ1) is 25.8. The first-order valence-corrected chi connectivity index (χ1v) is 12.3. The van der Waals surface area contributed by atoms with Crippen LogP contribution < -0.4 is 0 Å². The molecule has 1 fully saturated rings. The lowest BCUT2D eigenvalue weighted by molar-refractivity contribution is -0.129. The van der Waals surface area contributed by atoms with Gasteiger partial charge in [0.15, 0.2) is 5.82 Å². The maximum Gasteiger partial charge on any atom is 0.342 e. The molecule has 1 aromatic heterocycles. The van der Waals surface area contributed by atoms with Crippen molar-refractivity contribution in [3.8, 4) is 11.4 Å². The maximum atomic E-state index is 13.7. The van der Waals surface area contributed by atoms with Crippen LogP contribution in [0.15, 0.2) is 66.7 Å². The summed E-state index contributed by atoms with van der Waals surface area (Å²) in [5.74, 6) is -0.761. The largest absolute Gasteiger partial charge is 0.462 e. The smallest absolute Gasteiger partial charge is 0.342 e. The second kappa shape index (κ2) is 11.6. The van der Waals surface area contributed by atoms with Gasteiger partial charge in [0.05, 0.1) is 12.3 Å². The lowest BCUT2D eigenvalue weighted by atomic mass is 10.1. The van der Waals surface area contributed by atoms with Gasteiger partial charge in [-0.1, -0.05) is 60.7 Å². The Morgan fingerprint density at radius 1 is 1.00 bits per heavy atom. The molecule has 0 aliphatic carbocycles. The van der Waals surface area contributed by atoms with Crippen LogP contribution in [0.5, 0.6) is 0 Å². The van der Waals surface area contributed by atoms with Crippen molar-refractivity contribution in [1.29, 1.82) is 0 Å². The molecule has 37 heavy (non-hydrogen) atoms. The number of benzene rings is 2. The van der Waals surface area contributed by atoms with Gasteiger partial charge in [0, 0.05) is 37.3 Å². The fourth-order valence-corrected chi connectivity index (χ4v) is 4.34. The monoisotopic (exact) mass is 498 g/mol. The minimum absolute atomic E-state index is 0.0146. The van der Waals surface area contributed by atoms with E-state index in [0.29, 0.717) is 31.2 Å². The van der Waals surface area contributed by atoms with Crippen molar-refractivity contribution in [3.05, 3.63) is 89.3 Å². The highest BCUT2D eigenvalue weighted by Gasteiger charge is 2.33. The van der Waals surface area contributed by atoms with Crippen LogP contribution in [0, 0.1) is 6.92 Å². The van der Waals surface area contributed by atoms with Crippen LogP contribution in [0.4, 0.5) is 0 Å². The predicted molar refractivity (Wildman–Crippen MR) is 141 cm³/mol. The molecule has 2 aromatic carbocycles. The summed E-state index contributed by atoms with van der Waals surface area (Å²) >= 11 is 0. The summed E-state index contributed by atoms with van der Waals surface area (Å²) in [6, 6.07) is 18.7. The third kappa shape index (κ3) is 5.91. The van der Waals surface area contributed by atoms with Crippen molar-refractivity contribution in [2.75, 3.05) is 26.2 Å². The molecule has 2 amide bonds. The van der Waals surface area contributed by atoms with E-state index in [4.69, 9.17) is 4.74 Å². The zero-order chi connectivity index (χ0) is 26.4. The molecule has 1 aliphatic heterocycles. The molecule has 2 heterocycles. The molecule has 0 saturated carbocycles. The van der Waals surface area contributed by atoms with Gasteiger partial charge in [0.1, 0.15) is 11.3 Å². The van der Waals surface area contributed by atoms with Crippen molar-refractivity contribution in [3.63, 3.8) is 0 Å². The van der Waals surface area contributed by atoms with E-state index >= 15 is 0 Å². The molecule has 1 atom stereocenters. The van der Waals surface area contributed by atoms with E-state index in [-0.39, 0.29) is 35.7 Å². The van der Waals surface area contributed by atoms with Gasteiger partial charge in [0.2, 0.25) is 5.91 Å². The van der Waals surface area contributed by atoms with Crippen LogP contribution in [0.2, 0.25) is 0 Å². The van der Waals surface area contributed by atoms with Gasteiger partial charge in [-0.05, 0) is 32.4 Å². The Hall–Kier alpha value is -4.33. The Kier molecular flexibility index (Phi) is 8.08. The summed E-state index contributed by atoms with van der Waals surface area (Å²) in [7, 11) is 0. The van der Waals surface area contributed by atoms with Gasteiger partial charge >= 0.3 is 5.97 Å². The number of hydrogen-bond donors (Lipinski definition) is 0. The van der Waals surface area contributed by atoms with Gasteiger partial charge in [-0.2, -0.15) is 0 Å². The molecule has 1 aliphatic rings. The summed E-state index contributed by atoms with van der Waals surface area (Å²) in [4.78, 5) is 51.7. The average molecular weight is 499 g/mol. The molecule has 1 unspecified atom stereocenters. The van der Waals surface area contributed by atoms with Crippen molar-refractivity contribution in [1.82, 2.24) is 19.8 Å². The van der Waals surface area contributed by atoms with E-state index in [2.05, 4.69) is 9.97 Å². The van der Waals surface area contributed by atoms with Crippen molar-refractivity contribution in [2.24, 2.45) is 0 Å². The summed E-state index contributed by atoms with van der Waals surface area (Å²) in [5.41, 5.74) is 2.15. The van der Waals surface area contributed by atoms with Crippen LogP contribution in [0.1, 0.15) is 46.0 Å². The van der Waals surface area contributed by atoms with Crippen LogP contribution >= 0.6 is 0 Å². The number of hydrogen-bond acceptors (Lipinski definition) is 6. The van der Waals surface area contributed by atoms with Crippen molar-refractivity contribution >= 4 is 23.9 Å². The summed E-state index contributed by atoms with van der Waals surface area (Å²) in [6.07, 6.45) is 3.34. The van der Waals surface area contributed by atoms with E-state index in [9.17, 15) is 14.4 Å². The van der Waals surface area contributed by atoms with Crippen LogP contribution in [0.3, 0.4) is 0 Å². The number of rotatable bonds is 6. The van der Waals surface area contributed by atoms with E-state index in [1.807, 2.05) is 67.6 Å². The molecule has 0 N–H and O–H groups in total. The average Bonchev–Trinajstić information content (AvgIpc) is 2.92. The first-order valence-electron chi connectivity index (χ1n) is 12.3. The Balaban J connectivity index is 1.57. The topological polar surface area (TPSA) is 92.7 Å². The highest BCUT2D eigenvalue weighted by molar-refractivity contribution is 6.05. The van der Waals surface area contributed by atoms with Crippen LogP contribution in [-0.4, -0.2) is 69.8 Å². The number of carbonyl (C=O) groups is 3. The molecule has 0 bridgehead atoms. The van der Waals surface area contributed by atoms with Crippen LogP contribution in [-0.2, 0) is 9.53 Å². The Bertz CT molecular complexity index is 1310. The molecule has 8 nitrogen and oxygen atoms in total. The number of aromatic nitrogens is 2. The quantitative estimate of drug-likeness (QED) is 0.377. The van der Waals surface area contributed by atoms with E-state index < -0.39 is 5.97 Å². The standard InChI is InChI=1S/C29H30N4O4/c1-4-37-29(36)25-21(3)30-27(23-13-9-6-10-14-23)31-26(25)28(35)32-17-18-33(20(2)19-32)24(34)16-15-22-11-7-5-8-12-22/h5-16,20H,4,17-19H2,1-3H3/b16-15+. The van der Waals surface area contributed by atoms with Gasteiger partial charge in [-0.25, -0.2) is 14.8 Å². The molecule has 8 heteroatoms. The number of amides is 2. The Labute approximate surface area is 216 Å². The third-order valence-corrected chi connectivity index (χ3v) is 6.22. The lowest BCUT2D eigenvalue weighted by Crippen LogP contribution is -2.55. The molecule has 190 valence electrons. The number of ether oxygens (including phenoxy) is 1. The molecule has 1 saturated heterocycles. The fourth-order valence-electron chi connectivity index (χ4n) is 4.34. The molecule has 3 aromatic rings. The second-order valence-electron chi connectivity index (χ2n) is 8.82. The molecular formula is C29H30N4O4. The van der Waals surface area contributed by atoms with Gasteiger partial charge in [-0.15, -0.1) is 0 Å². The normalized spacial score (nSPS) is 15.6. The SMILES string of the molecule is CCOC(=O)c1c(C)nc(-c2ccccc2)nc1C(=O)N1CCN(C(=O)/C=C/c2ccccc2)C(C)C1. The lowest BCUT2D eigenvalue weighted by Gasteiger charge is -2.39. The van der Waals surface area contributed by atoms with E-state index in [0.717, 1.165) is 11.1 Å². The van der Waals surface area contributed by atoms with Gasteiger partial charge in [0.25, 0.3) is 5.91 Å². The van der Waals surface area contributed by atoms with Gasteiger partial charge in [-0.3, -0.25) is 9.59 Å². The Morgan fingerprint density at radius 2 is 1.68 bits per heavy atom. The number of piperazine rings is 1.